The van der Waals surface area contributed by atoms with E-state index in [1.54, 1.807) is 6.07 Å². The fraction of sp³-hybridized carbons (Fsp3) is 0.250. The van der Waals surface area contributed by atoms with Gasteiger partial charge in [-0.2, -0.15) is 0 Å². The monoisotopic (exact) mass is 373 g/mol. The van der Waals surface area contributed by atoms with Crippen LogP contribution in [0.5, 0.6) is 11.5 Å². The number of nitrogens with zero attached hydrogens (tertiary/aromatic N) is 1. The summed E-state index contributed by atoms with van der Waals surface area (Å²) in [6, 6.07) is 7.36. The van der Waals surface area contributed by atoms with Gasteiger partial charge in [-0.05, 0) is 56.3 Å². The van der Waals surface area contributed by atoms with E-state index in [-0.39, 0.29) is 27.9 Å². The lowest BCUT2D eigenvalue weighted by Crippen LogP contribution is -2.18. The first-order valence-electron chi connectivity index (χ1n) is 8.50. The number of halogens is 2. The number of phenols is 1. The van der Waals surface area contributed by atoms with E-state index < -0.39 is 5.82 Å². The number of fused-ring (bicyclic) bond motifs is 1. The number of likely N-dealkylation sites (tertiary alicyclic amines) is 1. The van der Waals surface area contributed by atoms with Gasteiger partial charge < -0.3 is 9.84 Å². The van der Waals surface area contributed by atoms with Crippen molar-refractivity contribution in [3.63, 3.8) is 0 Å². The highest BCUT2D eigenvalue weighted by atomic mass is 35.5. The molecule has 26 heavy (non-hydrogen) atoms. The first-order chi connectivity index (χ1) is 12.5. The fourth-order valence-electron chi connectivity index (χ4n) is 3.39. The van der Waals surface area contributed by atoms with E-state index in [4.69, 9.17) is 16.3 Å². The maximum absolute atomic E-state index is 14.0. The third-order valence-electron chi connectivity index (χ3n) is 4.77. The first kappa shape index (κ1) is 17.1. The topological polar surface area (TPSA) is 49.8 Å². The minimum atomic E-state index is -0.530. The molecule has 0 bridgehead atoms. The SMILES string of the molecule is O=C1/C(=C\c2c(F)cccc2Cl)Oc2c1ccc(O)c2CN1CCCC1. The van der Waals surface area contributed by atoms with Gasteiger partial charge in [0.25, 0.3) is 0 Å². The molecule has 134 valence electrons. The molecular weight excluding hydrogens is 357 g/mol. The molecule has 0 spiro atoms. The van der Waals surface area contributed by atoms with Crippen LogP contribution in [0.15, 0.2) is 36.1 Å². The number of aromatic hydroxyl groups is 1. The zero-order valence-corrected chi connectivity index (χ0v) is 14.7. The second kappa shape index (κ2) is 6.74. The van der Waals surface area contributed by atoms with Gasteiger partial charge in [0.2, 0.25) is 5.78 Å². The van der Waals surface area contributed by atoms with E-state index in [0.717, 1.165) is 25.9 Å². The highest BCUT2D eigenvalue weighted by molar-refractivity contribution is 6.32. The van der Waals surface area contributed by atoms with Crippen LogP contribution in [0.4, 0.5) is 4.39 Å². The lowest BCUT2D eigenvalue weighted by molar-refractivity contribution is 0.101. The van der Waals surface area contributed by atoms with Gasteiger partial charge in [0.1, 0.15) is 17.3 Å². The maximum atomic E-state index is 14.0. The van der Waals surface area contributed by atoms with E-state index in [1.807, 2.05) is 0 Å². The number of allylic oxidation sites excluding steroid dienone is 1. The molecule has 0 aliphatic carbocycles. The van der Waals surface area contributed by atoms with Crippen molar-refractivity contribution in [3.8, 4) is 11.5 Å². The molecule has 1 saturated heterocycles. The number of carbonyl (C=O) groups excluding carboxylic acids is 1. The Balaban J connectivity index is 1.72. The minimum absolute atomic E-state index is 0.000252. The van der Waals surface area contributed by atoms with Crippen molar-refractivity contribution in [1.29, 1.82) is 0 Å². The summed E-state index contributed by atoms with van der Waals surface area (Å²) in [4.78, 5) is 14.9. The van der Waals surface area contributed by atoms with Crippen molar-refractivity contribution < 1.29 is 19.0 Å². The molecule has 0 radical (unpaired) electrons. The molecule has 4 rings (SSSR count). The van der Waals surface area contributed by atoms with Crippen LogP contribution < -0.4 is 4.74 Å². The Labute approximate surface area is 155 Å². The Morgan fingerprint density at radius 1 is 1.23 bits per heavy atom. The summed E-state index contributed by atoms with van der Waals surface area (Å²) in [6.45, 7) is 2.41. The second-order valence-corrected chi connectivity index (χ2v) is 6.91. The molecule has 0 aromatic heterocycles. The third-order valence-corrected chi connectivity index (χ3v) is 5.10. The smallest absolute Gasteiger partial charge is 0.231 e. The quantitative estimate of drug-likeness (QED) is 0.810. The van der Waals surface area contributed by atoms with Crippen molar-refractivity contribution in [2.45, 2.75) is 19.4 Å². The molecule has 2 aliphatic rings. The zero-order chi connectivity index (χ0) is 18.3. The number of benzene rings is 2. The highest BCUT2D eigenvalue weighted by Gasteiger charge is 2.32. The molecule has 1 N–H and O–H groups in total. The maximum Gasteiger partial charge on any atom is 0.231 e. The lowest BCUT2D eigenvalue weighted by Gasteiger charge is -2.17. The molecule has 2 aromatic rings. The number of ether oxygens (including phenoxy) is 1. The number of ketones is 1. The van der Waals surface area contributed by atoms with E-state index in [9.17, 15) is 14.3 Å². The summed E-state index contributed by atoms with van der Waals surface area (Å²) in [5, 5.41) is 10.5. The summed E-state index contributed by atoms with van der Waals surface area (Å²) in [5.74, 6) is -0.436. The van der Waals surface area contributed by atoms with Gasteiger partial charge in [-0.1, -0.05) is 17.7 Å². The van der Waals surface area contributed by atoms with Gasteiger partial charge in [-0.15, -0.1) is 0 Å². The molecule has 2 heterocycles. The summed E-state index contributed by atoms with van der Waals surface area (Å²) in [5.41, 5.74) is 1.06. The van der Waals surface area contributed by atoms with Gasteiger partial charge in [0.05, 0.1) is 16.1 Å². The molecule has 0 atom stereocenters. The molecule has 4 nitrogen and oxygen atoms in total. The zero-order valence-electron chi connectivity index (χ0n) is 14.0. The van der Waals surface area contributed by atoms with Crippen LogP contribution in [0.1, 0.15) is 34.3 Å². The molecule has 0 unspecified atom stereocenters. The van der Waals surface area contributed by atoms with Gasteiger partial charge in [0.15, 0.2) is 5.76 Å². The van der Waals surface area contributed by atoms with Crippen molar-refractivity contribution >= 4 is 23.5 Å². The molecule has 0 amide bonds. The Kier molecular flexibility index (Phi) is 4.42. The van der Waals surface area contributed by atoms with E-state index in [0.29, 0.717) is 23.4 Å². The highest BCUT2D eigenvalue weighted by Crippen LogP contribution is 2.40. The average Bonchev–Trinajstić information content (AvgIpc) is 3.23. The first-order valence-corrected chi connectivity index (χ1v) is 8.88. The number of hydrogen-bond donors (Lipinski definition) is 1. The second-order valence-electron chi connectivity index (χ2n) is 6.50. The summed E-state index contributed by atoms with van der Waals surface area (Å²) in [6.07, 6.45) is 3.55. The Bertz CT molecular complexity index is 899. The summed E-state index contributed by atoms with van der Waals surface area (Å²) >= 11 is 6.04. The molecule has 2 aliphatic heterocycles. The third kappa shape index (κ3) is 2.97. The van der Waals surface area contributed by atoms with Crippen molar-refractivity contribution in [1.82, 2.24) is 4.90 Å². The number of rotatable bonds is 3. The van der Waals surface area contributed by atoms with E-state index >= 15 is 0 Å². The van der Waals surface area contributed by atoms with Gasteiger partial charge in [-0.3, -0.25) is 9.69 Å². The van der Waals surface area contributed by atoms with E-state index in [2.05, 4.69) is 4.90 Å². The van der Waals surface area contributed by atoms with Crippen molar-refractivity contribution in [2.24, 2.45) is 0 Å². The van der Waals surface area contributed by atoms with Crippen LogP contribution in [-0.4, -0.2) is 28.9 Å². The Morgan fingerprint density at radius 2 is 2.00 bits per heavy atom. The van der Waals surface area contributed by atoms with Gasteiger partial charge in [0, 0.05) is 12.1 Å². The average molecular weight is 374 g/mol. The van der Waals surface area contributed by atoms with Crippen LogP contribution in [0.3, 0.4) is 0 Å². The van der Waals surface area contributed by atoms with Gasteiger partial charge in [-0.25, -0.2) is 4.39 Å². The predicted molar refractivity (Wildman–Crippen MR) is 97.0 cm³/mol. The number of phenolic OH excluding ortho intramolecular Hbond substituents is 1. The summed E-state index contributed by atoms with van der Waals surface area (Å²) in [7, 11) is 0. The largest absolute Gasteiger partial charge is 0.507 e. The molecule has 1 fully saturated rings. The van der Waals surface area contributed by atoms with Crippen LogP contribution in [-0.2, 0) is 6.54 Å². The molecule has 6 heteroatoms. The Morgan fingerprint density at radius 3 is 2.73 bits per heavy atom. The van der Waals surface area contributed by atoms with Gasteiger partial charge >= 0.3 is 0 Å². The number of carbonyl (C=O) groups is 1. The van der Waals surface area contributed by atoms with Crippen LogP contribution in [0, 0.1) is 5.82 Å². The van der Waals surface area contributed by atoms with Crippen LogP contribution >= 0.6 is 11.6 Å². The van der Waals surface area contributed by atoms with Crippen LogP contribution in [0.25, 0.3) is 6.08 Å². The molecule has 2 aromatic carbocycles. The normalized spacial score (nSPS) is 18.4. The Hall–Kier alpha value is -2.37. The van der Waals surface area contributed by atoms with E-state index in [1.165, 1.54) is 30.3 Å². The standard InChI is InChI=1S/C20H17ClFNO3/c21-15-4-3-5-16(22)13(15)10-18-19(25)12-6-7-17(24)14(20(12)26-18)11-23-8-1-2-9-23/h3-7,10,24H,1-2,8-9,11H2/b18-10+. The van der Waals surface area contributed by atoms with Crippen molar-refractivity contribution in [2.75, 3.05) is 13.1 Å². The summed E-state index contributed by atoms with van der Waals surface area (Å²) < 4.78 is 19.8. The fourth-order valence-corrected chi connectivity index (χ4v) is 3.61. The predicted octanol–water partition coefficient (Wildman–Crippen LogP) is 4.40. The van der Waals surface area contributed by atoms with Crippen molar-refractivity contribution in [3.05, 3.63) is 63.6 Å². The number of hydrogen-bond acceptors (Lipinski definition) is 4. The molecule has 0 saturated carbocycles. The minimum Gasteiger partial charge on any atom is -0.507 e. The molecular formula is C20H17ClFNO3. The number of Topliss-reactive ketones (excluding diaryl/α,β-unsaturated/α-hetero) is 1. The van der Waals surface area contributed by atoms with Crippen LogP contribution in [0.2, 0.25) is 5.02 Å². The lowest BCUT2D eigenvalue weighted by atomic mass is 10.0.